The van der Waals surface area contributed by atoms with E-state index in [9.17, 15) is 9.59 Å². The van der Waals surface area contributed by atoms with Gasteiger partial charge in [0.2, 0.25) is 6.79 Å². The number of hydrogen-bond acceptors (Lipinski definition) is 7. The zero-order valence-electron chi connectivity index (χ0n) is 18.3. The number of carbonyl (C=O) groups excluding carboxylic acids is 2. The van der Waals surface area contributed by atoms with Gasteiger partial charge in [-0.25, -0.2) is 0 Å². The summed E-state index contributed by atoms with van der Waals surface area (Å²) in [4.78, 5) is 29.5. The second-order valence-corrected chi connectivity index (χ2v) is 7.86. The van der Waals surface area contributed by atoms with Crippen LogP contribution in [-0.2, 0) is 9.59 Å². The van der Waals surface area contributed by atoms with Crippen LogP contribution in [-0.4, -0.2) is 75.3 Å². The fourth-order valence-corrected chi connectivity index (χ4v) is 3.87. The van der Waals surface area contributed by atoms with Crippen molar-refractivity contribution in [1.82, 2.24) is 15.1 Å². The summed E-state index contributed by atoms with van der Waals surface area (Å²) in [5, 5.41) is 5.41. The highest BCUT2D eigenvalue weighted by atomic mass is 16.7. The number of nitrogens with one attached hydrogen (secondary N) is 2. The molecule has 1 saturated heterocycles. The Morgan fingerprint density at radius 3 is 2.59 bits per heavy atom. The first-order valence-corrected chi connectivity index (χ1v) is 10.6. The van der Waals surface area contributed by atoms with E-state index in [4.69, 9.17) is 14.2 Å². The minimum Gasteiger partial charge on any atom is -0.497 e. The Kier molecular flexibility index (Phi) is 6.77. The molecule has 0 aromatic heterocycles. The number of methoxy groups -OCH3 is 1. The van der Waals surface area contributed by atoms with Crippen molar-refractivity contribution in [3.8, 4) is 17.2 Å². The third-order valence-electron chi connectivity index (χ3n) is 5.75. The topological polar surface area (TPSA) is 92.4 Å². The van der Waals surface area contributed by atoms with Crippen LogP contribution in [0.25, 0.3) is 0 Å². The molecule has 2 aromatic carbocycles. The number of rotatable bonds is 6. The number of hydrogen-bond donors (Lipinski definition) is 2. The Morgan fingerprint density at radius 2 is 1.81 bits per heavy atom. The molecule has 9 heteroatoms. The highest BCUT2D eigenvalue weighted by molar-refractivity contribution is 6.39. The second kappa shape index (κ2) is 9.88. The molecule has 2 aliphatic rings. The van der Waals surface area contributed by atoms with Gasteiger partial charge in [0.1, 0.15) is 5.75 Å². The normalized spacial score (nSPS) is 16.9. The number of likely N-dealkylation sites (N-methyl/N-ethyl adjacent to an activating group) is 1. The van der Waals surface area contributed by atoms with Crippen molar-refractivity contribution in [2.75, 3.05) is 59.0 Å². The number of anilines is 1. The first kappa shape index (κ1) is 21.9. The van der Waals surface area contributed by atoms with E-state index in [0.29, 0.717) is 29.5 Å². The van der Waals surface area contributed by atoms with E-state index in [1.54, 1.807) is 31.4 Å². The van der Waals surface area contributed by atoms with Crippen LogP contribution in [0.3, 0.4) is 0 Å². The van der Waals surface area contributed by atoms with Gasteiger partial charge in [0, 0.05) is 44.5 Å². The Labute approximate surface area is 187 Å². The van der Waals surface area contributed by atoms with Crippen LogP contribution in [0.2, 0.25) is 0 Å². The molecule has 0 aliphatic carbocycles. The molecule has 0 bridgehead atoms. The van der Waals surface area contributed by atoms with Crippen molar-refractivity contribution < 1.29 is 23.8 Å². The average Bonchev–Trinajstić information content (AvgIpc) is 3.28. The summed E-state index contributed by atoms with van der Waals surface area (Å²) in [6.45, 7) is 4.10. The quantitative estimate of drug-likeness (QED) is 0.657. The van der Waals surface area contributed by atoms with E-state index in [1.807, 2.05) is 18.2 Å². The summed E-state index contributed by atoms with van der Waals surface area (Å²) in [5.74, 6) is 0.603. The van der Waals surface area contributed by atoms with Crippen molar-refractivity contribution in [3.63, 3.8) is 0 Å². The first-order valence-electron chi connectivity index (χ1n) is 10.6. The summed E-state index contributed by atoms with van der Waals surface area (Å²) in [5.41, 5.74) is 1.50. The van der Waals surface area contributed by atoms with E-state index in [2.05, 4.69) is 27.5 Å². The van der Waals surface area contributed by atoms with E-state index in [-0.39, 0.29) is 12.8 Å². The Balaban J connectivity index is 1.43. The number of piperazine rings is 1. The zero-order valence-corrected chi connectivity index (χ0v) is 18.3. The summed E-state index contributed by atoms with van der Waals surface area (Å²) >= 11 is 0. The van der Waals surface area contributed by atoms with Gasteiger partial charge >= 0.3 is 11.8 Å². The van der Waals surface area contributed by atoms with E-state index >= 15 is 0 Å². The molecule has 2 N–H and O–H groups in total. The van der Waals surface area contributed by atoms with Gasteiger partial charge in [0.05, 0.1) is 13.2 Å². The monoisotopic (exact) mass is 440 g/mol. The third kappa shape index (κ3) is 5.12. The standard InChI is InChI=1S/C23H28N4O5/c1-26-8-10-27(11-9-26)19(16-6-7-20-21(12-16)32-15-31-20)14-24-22(28)23(29)25-17-4-3-5-18(13-17)30-2/h3-7,12-13,19H,8-11,14-15H2,1-2H3,(H,24,28)(H,25,29). The number of carbonyl (C=O) groups is 2. The molecule has 0 saturated carbocycles. The van der Waals surface area contributed by atoms with Gasteiger partial charge in [0.15, 0.2) is 11.5 Å². The third-order valence-corrected chi connectivity index (χ3v) is 5.75. The summed E-state index contributed by atoms with van der Waals surface area (Å²) in [7, 11) is 3.64. The summed E-state index contributed by atoms with van der Waals surface area (Å²) < 4.78 is 16.1. The molecular formula is C23H28N4O5. The summed E-state index contributed by atoms with van der Waals surface area (Å²) in [6, 6.07) is 12.6. The minimum absolute atomic E-state index is 0.0910. The lowest BCUT2D eigenvalue weighted by Gasteiger charge is -2.38. The number of amides is 2. The van der Waals surface area contributed by atoms with Crippen LogP contribution < -0.4 is 24.8 Å². The average molecular weight is 441 g/mol. The molecule has 1 fully saturated rings. The molecule has 0 spiro atoms. The van der Waals surface area contributed by atoms with Gasteiger partial charge in [-0.15, -0.1) is 0 Å². The number of fused-ring (bicyclic) bond motifs is 1. The Morgan fingerprint density at radius 1 is 1.03 bits per heavy atom. The smallest absolute Gasteiger partial charge is 0.313 e. The van der Waals surface area contributed by atoms with Crippen LogP contribution >= 0.6 is 0 Å². The van der Waals surface area contributed by atoms with Gasteiger partial charge in [-0.1, -0.05) is 12.1 Å². The van der Waals surface area contributed by atoms with Crippen LogP contribution in [0.1, 0.15) is 11.6 Å². The van der Waals surface area contributed by atoms with Gasteiger partial charge in [-0.05, 0) is 36.9 Å². The van der Waals surface area contributed by atoms with Crippen molar-refractivity contribution in [2.45, 2.75) is 6.04 Å². The van der Waals surface area contributed by atoms with E-state index < -0.39 is 11.8 Å². The van der Waals surface area contributed by atoms with E-state index in [1.165, 1.54) is 0 Å². The highest BCUT2D eigenvalue weighted by Gasteiger charge is 2.27. The van der Waals surface area contributed by atoms with E-state index in [0.717, 1.165) is 31.7 Å². The van der Waals surface area contributed by atoms with Crippen molar-refractivity contribution >= 4 is 17.5 Å². The van der Waals surface area contributed by atoms with Crippen LogP contribution in [0.4, 0.5) is 5.69 Å². The van der Waals surface area contributed by atoms with Gasteiger partial charge in [0.25, 0.3) is 0 Å². The van der Waals surface area contributed by atoms with Crippen molar-refractivity contribution in [3.05, 3.63) is 48.0 Å². The maximum atomic E-state index is 12.5. The maximum Gasteiger partial charge on any atom is 0.313 e. The number of nitrogens with zero attached hydrogens (tertiary/aromatic N) is 2. The zero-order chi connectivity index (χ0) is 22.5. The molecule has 2 amide bonds. The predicted octanol–water partition coefficient (Wildman–Crippen LogP) is 1.47. The molecule has 1 unspecified atom stereocenters. The fraction of sp³-hybridized carbons (Fsp3) is 0.391. The van der Waals surface area contributed by atoms with Gasteiger partial charge in [-0.3, -0.25) is 14.5 Å². The lowest BCUT2D eigenvalue weighted by Crippen LogP contribution is -2.49. The lowest BCUT2D eigenvalue weighted by molar-refractivity contribution is -0.136. The van der Waals surface area contributed by atoms with Gasteiger partial charge in [-0.2, -0.15) is 0 Å². The molecule has 0 radical (unpaired) electrons. The van der Waals surface area contributed by atoms with Crippen LogP contribution in [0.5, 0.6) is 17.2 Å². The molecule has 170 valence electrons. The molecule has 2 aliphatic heterocycles. The van der Waals surface area contributed by atoms with Crippen LogP contribution in [0.15, 0.2) is 42.5 Å². The molecule has 32 heavy (non-hydrogen) atoms. The van der Waals surface area contributed by atoms with Crippen molar-refractivity contribution in [1.29, 1.82) is 0 Å². The SMILES string of the molecule is COc1cccc(NC(=O)C(=O)NCC(c2ccc3c(c2)OCO3)N2CCN(C)CC2)c1. The number of ether oxygens (including phenoxy) is 3. The molecule has 1 atom stereocenters. The number of benzene rings is 2. The molecule has 4 rings (SSSR count). The predicted molar refractivity (Wildman–Crippen MR) is 119 cm³/mol. The Bertz CT molecular complexity index is 975. The lowest BCUT2D eigenvalue weighted by atomic mass is 10.0. The molecule has 9 nitrogen and oxygen atoms in total. The first-order chi connectivity index (χ1) is 15.5. The Hall–Kier alpha value is -3.30. The second-order valence-electron chi connectivity index (χ2n) is 7.86. The fourth-order valence-electron chi connectivity index (χ4n) is 3.87. The maximum absolute atomic E-state index is 12.5. The van der Waals surface area contributed by atoms with Crippen LogP contribution in [0, 0.1) is 0 Å². The highest BCUT2D eigenvalue weighted by Crippen LogP contribution is 2.35. The van der Waals surface area contributed by atoms with Gasteiger partial charge < -0.3 is 29.7 Å². The summed E-state index contributed by atoms with van der Waals surface area (Å²) in [6.07, 6.45) is 0. The molecule has 2 heterocycles. The molecular weight excluding hydrogens is 412 g/mol. The minimum atomic E-state index is -0.721. The molecule has 2 aromatic rings. The largest absolute Gasteiger partial charge is 0.497 e. The van der Waals surface area contributed by atoms with Crippen molar-refractivity contribution in [2.24, 2.45) is 0 Å².